The highest BCUT2D eigenvalue weighted by atomic mass is 32.2. The number of amides is 1. The summed E-state index contributed by atoms with van der Waals surface area (Å²) >= 11 is 0. The molecule has 180 valence electrons. The summed E-state index contributed by atoms with van der Waals surface area (Å²) in [7, 11) is -3.69. The summed E-state index contributed by atoms with van der Waals surface area (Å²) in [6.07, 6.45) is -1.06. The van der Waals surface area contributed by atoms with Gasteiger partial charge in [0.15, 0.2) is 16.1 Å². The van der Waals surface area contributed by atoms with Crippen molar-refractivity contribution >= 4 is 15.9 Å². The van der Waals surface area contributed by atoms with E-state index in [1.807, 2.05) is 0 Å². The average molecular weight is 485 g/mol. The number of carbonyl (C=O) groups excluding carboxylic acids is 1. The number of rotatable bonds is 6. The molecule has 4 rings (SSSR count). The zero-order chi connectivity index (χ0) is 23.8. The van der Waals surface area contributed by atoms with Crippen molar-refractivity contribution in [2.24, 2.45) is 11.8 Å². The van der Waals surface area contributed by atoms with Gasteiger partial charge in [0.1, 0.15) is 17.3 Å². The van der Waals surface area contributed by atoms with E-state index in [9.17, 15) is 22.7 Å². The number of hydrogen-bond donors (Lipinski definition) is 1. The predicted octanol–water partition coefficient (Wildman–Crippen LogP) is 1.22. The number of hydrogen-bond acceptors (Lipinski definition) is 10. The maximum atomic E-state index is 14.2. The van der Waals surface area contributed by atoms with E-state index in [1.165, 1.54) is 17.9 Å². The molecule has 2 aliphatic rings. The molecule has 2 aromatic rings. The summed E-state index contributed by atoms with van der Waals surface area (Å²) in [6.45, 7) is 2.89. The van der Waals surface area contributed by atoms with Gasteiger partial charge >= 0.3 is 6.09 Å². The van der Waals surface area contributed by atoms with E-state index in [1.54, 1.807) is 0 Å². The number of aromatic nitrogens is 2. The fraction of sp³-hybridized carbons (Fsp3) is 0.550. The minimum Gasteiger partial charge on any atom is -0.420 e. The SMILES string of the molecule is CC(O)OC(=O)N1CC2COCC(C1)C2OCc1nc(-c2ccc(S(C)(=O)=O)c(F)c2)no1. The molecule has 13 heteroatoms. The molecule has 0 spiro atoms. The van der Waals surface area contributed by atoms with Gasteiger partial charge in [0.2, 0.25) is 5.82 Å². The van der Waals surface area contributed by atoms with E-state index >= 15 is 0 Å². The Kier molecular flexibility index (Phi) is 6.66. The van der Waals surface area contributed by atoms with Crippen LogP contribution in [0.1, 0.15) is 12.8 Å². The van der Waals surface area contributed by atoms with Crippen LogP contribution in [0.15, 0.2) is 27.6 Å². The number of aliphatic hydroxyl groups is 1. The van der Waals surface area contributed by atoms with Gasteiger partial charge in [0, 0.05) is 36.7 Å². The second kappa shape index (κ2) is 9.33. The van der Waals surface area contributed by atoms with Crippen molar-refractivity contribution in [1.29, 1.82) is 0 Å². The van der Waals surface area contributed by atoms with Crippen LogP contribution in [0.3, 0.4) is 0 Å². The lowest BCUT2D eigenvalue weighted by atomic mass is 9.85. The van der Waals surface area contributed by atoms with Crippen LogP contribution >= 0.6 is 0 Å². The van der Waals surface area contributed by atoms with Crippen molar-refractivity contribution in [3.8, 4) is 11.4 Å². The lowest BCUT2D eigenvalue weighted by molar-refractivity contribution is -0.156. The number of likely N-dealkylation sites (tertiary alicyclic amines) is 1. The number of fused-ring (bicyclic) bond motifs is 2. The molecule has 11 nitrogen and oxygen atoms in total. The molecule has 3 unspecified atom stereocenters. The van der Waals surface area contributed by atoms with Gasteiger partial charge in [-0.15, -0.1) is 0 Å². The monoisotopic (exact) mass is 485 g/mol. The number of benzene rings is 1. The summed E-state index contributed by atoms with van der Waals surface area (Å²) in [5.74, 6) is -0.816. The van der Waals surface area contributed by atoms with Crippen LogP contribution in [-0.2, 0) is 30.7 Å². The van der Waals surface area contributed by atoms with Gasteiger partial charge in [-0.05, 0) is 25.1 Å². The number of halogens is 1. The largest absolute Gasteiger partial charge is 0.420 e. The Labute approximate surface area is 189 Å². The zero-order valence-corrected chi connectivity index (χ0v) is 18.8. The molecule has 1 aromatic carbocycles. The Morgan fingerprint density at radius 2 is 2.03 bits per heavy atom. The Bertz CT molecular complexity index is 1110. The van der Waals surface area contributed by atoms with Gasteiger partial charge < -0.3 is 28.7 Å². The highest BCUT2D eigenvalue weighted by Gasteiger charge is 2.43. The summed E-state index contributed by atoms with van der Waals surface area (Å²) in [6, 6.07) is 3.60. The van der Waals surface area contributed by atoms with Crippen molar-refractivity contribution in [2.75, 3.05) is 32.6 Å². The van der Waals surface area contributed by atoms with Crippen LogP contribution < -0.4 is 0 Å². The smallest absolute Gasteiger partial charge is 0.412 e. The molecule has 0 radical (unpaired) electrons. The molecule has 2 bridgehead atoms. The third-order valence-corrected chi connectivity index (χ3v) is 6.62. The zero-order valence-electron chi connectivity index (χ0n) is 18.0. The third-order valence-electron chi connectivity index (χ3n) is 5.49. The standard InChI is InChI=1S/C20H24FN3O8S/c1-11(25)31-20(26)24-6-13-8-29-9-14(7-24)18(13)30-10-17-22-19(23-32-17)12-3-4-16(15(21)5-12)33(2,27)28/h3-5,11,13-14,18,25H,6-10H2,1-2H3. The van der Waals surface area contributed by atoms with E-state index in [2.05, 4.69) is 10.1 Å². The van der Waals surface area contributed by atoms with Gasteiger partial charge in [-0.1, -0.05) is 5.16 Å². The van der Waals surface area contributed by atoms with Crippen LogP contribution in [0, 0.1) is 17.7 Å². The van der Waals surface area contributed by atoms with Gasteiger partial charge in [0.05, 0.1) is 19.3 Å². The lowest BCUT2D eigenvalue weighted by Crippen LogP contribution is -2.57. The first-order valence-corrected chi connectivity index (χ1v) is 12.2. The summed E-state index contributed by atoms with van der Waals surface area (Å²) in [4.78, 5) is 17.5. The topological polar surface area (TPSA) is 141 Å². The molecule has 0 saturated carbocycles. The van der Waals surface area contributed by atoms with Crippen LogP contribution in [-0.4, -0.2) is 79.6 Å². The molecule has 1 aromatic heterocycles. The highest BCUT2D eigenvalue weighted by Crippen LogP contribution is 2.31. The number of carbonyl (C=O) groups is 1. The number of sulfone groups is 1. The fourth-order valence-electron chi connectivity index (χ4n) is 4.08. The molecule has 2 fully saturated rings. The first-order chi connectivity index (χ1) is 15.6. The molecule has 2 saturated heterocycles. The summed E-state index contributed by atoms with van der Waals surface area (Å²) in [5.41, 5.74) is 0.269. The van der Waals surface area contributed by atoms with E-state index in [0.29, 0.717) is 26.3 Å². The number of aliphatic hydroxyl groups excluding tert-OH is 1. The molecule has 0 aliphatic carbocycles. The number of piperidine rings is 1. The van der Waals surface area contributed by atoms with Crippen LogP contribution in [0.4, 0.5) is 9.18 Å². The minimum absolute atomic E-state index is 0.00664. The first-order valence-electron chi connectivity index (χ1n) is 10.3. The fourth-order valence-corrected chi connectivity index (χ4v) is 4.81. The van der Waals surface area contributed by atoms with Crippen molar-refractivity contribution in [3.63, 3.8) is 0 Å². The van der Waals surface area contributed by atoms with Crippen molar-refractivity contribution in [2.45, 2.75) is 30.8 Å². The Hall–Kier alpha value is -2.61. The van der Waals surface area contributed by atoms with E-state index in [0.717, 1.165) is 18.4 Å². The quantitative estimate of drug-likeness (QED) is 0.594. The molecular weight excluding hydrogens is 461 g/mol. The maximum Gasteiger partial charge on any atom is 0.412 e. The van der Waals surface area contributed by atoms with Crippen molar-refractivity contribution < 1.29 is 41.4 Å². The highest BCUT2D eigenvalue weighted by molar-refractivity contribution is 7.90. The number of nitrogens with zero attached hydrogens (tertiary/aromatic N) is 3. The Morgan fingerprint density at radius 3 is 2.64 bits per heavy atom. The molecule has 1 N–H and O–H groups in total. The average Bonchev–Trinajstić information content (AvgIpc) is 3.19. The molecular formula is C20H24FN3O8S. The van der Waals surface area contributed by atoms with Gasteiger partial charge in [-0.2, -0.15) is 4.98 Å². The molecule has 1 amide bonds. The normalized spacial score (nSPS) is 23.9. The first kappa shape index (κ1) is 23.5. The Balaban J connectivity index is 1.40. The van der Waals surface area contributed by atoms with Gasteiger partial charge in [0.25, 0.3) is 5.89 Å². The third kappa shape index (κ3) is 5.32. The van der Waals surface area contributed by atoms with Crippen LogP contribution in [0.5, 0.6) is 0 Å². The lowest BCUT2D eigenvalue weighted by Gasteiger charge is -2.46. The molecule has 33 heavy (non-hydrogen) atoms. The predicted molar refractivity (Wildman–Crippen MR) is 109 cm³/mol. The van der Waals surface area contributed by atoms with E-state index in [4.69, 9.17) is 18.7 Å². The summed E-state index contributed by atoms with van der Waals surface area (Å²) < 4.78 is 59.0. The van der Waals surface area contributed by atoms with Crippen molar-refractivity contribution in [1.82, 2.24) is 15.0 Å². The maximum absolute atomic E-state index is 14.2. The number of ether oxygens (including phenoxy) is 3. The molecule has 3 atom stereocenters. The van der Waals surface area contributed by atoms with E-state index < -0.39 is 32.9 Å². The molecule has 3 heterocycles. The van der Waals surface area contributed by atoms with Gasteiger partial charge in [-0.25, -0.2) is 17.6 Å². The van der Waals surface area contributed by atoms with E-state index in [-0.39, 0.29) is 41.8 Å². The van der Waals surface area contributed by atoms with Crippen LogP contribution in [0.2, 0.25) is 0 Å². The van der Waals surface area contributed by atoms with Crippen LogP contribution in [0.25, 0.3) is 11.4 Å². The molecule has 2 aliphatic heterocycles. The second-order valence-corrected chi connectivity index (χ2v) is 10.1. The second-order valence-electron chi connectivity index (χ2n) is 8.15. The summed E-state index contributed by atoms with van der Waals surface area (Å²) in [5, 5.41) is 13.1. The van der Waals surface area contributed by atoms with Gasteiger partial charge in [-0.3, -0.25) is 0 Å². The Morgan fingerprint density at radius 1 is 1.33 bits per heavy atom. The minimum atomic E-state index is -3.69. The van der Waals surface area contributed by atoms with Crippen molar-refractivity contribution in [3.05, 3.63) is 29.9 Å².